The first-order chi connectivity index (χ1) is 11.5. The third kappa shape index (κ3) is 4.12. The third-order valence-electron chi connectivity index (χ3n) is 5.17. The van der Waals surface area contributed by atoms with E-state index in [1.807, 2.05) is 7.05 Å². The Bertz CT molecular complexity index is 567. The zero-order chi connectivity index (χ0) is 17.1. The van der Waals surface area contributed by atoms with E-state index in [2.05, 4.69) is 24.6 Å². The monoisotopic (exact) mass is 336 g/mol. The van der Waals surface area contributed by atoms with Crippen molar-refractivity contribution in [3.05, 3.63) is 11.6 Å². The molecule has 3 N–H and O–H groups in total. The topological polar surface area (TPSA) is 101 Å². The van der Waals surface area contributed by atoms with Gasteiger partial charge in [0.05, 0.1) is 19.2 Å². The molecule has 134 valence electrons. The predicted octanol–water partition coefficient (Wildman–Crippen LogP) is -0.563. The second kappa shape index (κ2) is 7.58. The smallest absolute Gasteiger partial charge is 0.231 e. The first kappa shape index (κ1) is 17.3. The highest BCUT2D eigenvalue weighted by molar-refractivity contribution is 5.75. The lowest BCUT2D eigenvalue weighted by atomic mass is 9.97. The van der Waals surface area contributed by atoms with Crippen LogP contribution in [0.2, 0.25) is 0 Å². The molecule has 3 rings (SSSR count). The summed E-state index contributed by atoms with van der Waals surface area (Å²) in [6.45, 7) is 4.62. The molecule has 1 atom stereocenters. The molecule has 3 heterocycles. The fourth-order valence-corrected chi connectivity index (χ4v) is 3.78. The van der Waals surface area contributed by atoms with Gasteiger partial charge in [0.2, 0.25) is 5.91 Å². The lowest BCUT2D eigenvalue weighted by molar-refractivity contribution is -0.119. The number of primary amides is 1. The van der Waals surface area contributed by atoms with Crippen LogP contribution in [0.1, 0.15) is 43.3 Å². The minimum absolute atomic E-state index is 0.158. The van der Waals surface area contributed by atoms with Crippen LogP contribution in [-0.4, -0.2) is 74.4 Å². The van der Waals surface area contributed by atoms with E-state index in [4.69, 9.17) is 5.73 Å². The predicted molar refractivity (Wildman–Crippen MR) is 89.1 cm³/mol. The number of nitrogens with two attached hydrogens (primary N) is 1. The van der Waals surface area contributed by atoms with E-state index in [0.717, 1.165) is 70.1 Å². The van der Waals surface area contributed by atoms with Crippen LogP contribution < -0.4 is 5.73 Å². The Balaban J connectivity index is 1.62. The molecular weight excluding hydrogens is 308 g/mol. The molecule has 1 aromatic rings. The summed E-state index contributed by atoms with van der Waals surface area (Å²) >= 11 is 0. The van der Waals surface area contributed by atoms with Crippen LogP contribution in [0.3, 0.4) is 0 Å². The Hall–Kier alpha value is -1.51. The maximum absolute atomic E-state index is 11.2. The summed E-state index contributed by atoms with van der Waals surface area (Å²) in [6.07, 6.45) is 3.61. The van der Waals surface area contributed by atoms with Gasteiger partial charge in [0.15, 0.2) is 0 Å². The Labute approximate surface area is 142 Å². The van der Waals surface area contributed by atoms with Crippen LogP contribution in [-0.2, 0) is 18.4 Å². The first-order valence-corrected chi connectivity index (χ1v) is 8.82. The van der Waals surface area contributed by atoms with Crippen LogP contribution in [0.15, 0.2) is 0 Å². The molecule has 1 unspecified atom stereocenters. The zero-order valence-corrected chi connectivity index (χ0v) is 14.4. The largest absolute Gasteiger partial charge is 0.393 e. The van der Waals surface area contributed by atoms with E-state index in [1.165, 1.54) is 0 Å². The average molecular weight is 336 g/mol. The van der Waals surface area contributed by atoms with Gasteiger partial charge >= 0.3 is 0 Å². The Morgan fingerprint density at radius 1 is 1.21 bits per heavy atom. The molecule has 0 radical (unpaired) electrons. The quantitative estimate of drug-likeness (QED) is 0.747. The molecular formula is C16H28N6O2. The van der Waals surface area contributed by atoms with E-state index in [1.54, 1.807) is 0 Å². The van der Waals surface area contributed by atoms with E-state index < -0.39 is 0 Å². The number of carbonyl (C=O) groups is 1. The van der Waals surface area contributed by atoms with Crippen molar-refractivity contribution < 1.29 is 9.90 Å². The Morgan fingerprint density at radius 2 is 1.96 bits per heavy atom. The van der Waals surface area contributed by atoms with Crippen molar-refractivity contribution in [3.8, 4) is 0 Å². The molecule has 1 amide bonds. The molecule has 8 nitrogen and oxygen atoms in total. The molecule has 0 spiro atoms. The summed E-state index contributed by atoms with van der Waals surface area (Å²) in [6, 6.07) is 0. The van der Waals surface area contributed by atoms with Crippen molar-refractivity contribution in [2.45, 2.75) is 44.2 Å². The standard InChI is InChI=1S/C16H28N6O2/c1-20-15(11-21-7-4-13(23)5-8-21)18-19-16(20)12-3-2-6-22(9-12)10-14(17)24/h12-13,23H,2-11H2,1H3,(H2,17,24). The Morgan fingerprint density at radius 3 is 2.67 bits per heavy atom. The lowest BCUT2D eigenvalue weighted by Gasteiger charge is -2.31. The first-order valence-electron chi connectivity index (χ1n) is 8.82. The number of hydrogen-bond donors (Lipinski definition) is 2. The SMILES string of the molecule is Cn1c(CN2CCC(O)CC2)nnc1C1CCCN(CC(N)=O)C1. The Kier molecular flexibility index (Phi) is 5.47. The van der Waals surface area contributed by atoms with Crippen molar-refractivity contribution in [1.82, 2.24) is 24.6 Å². The van der Waals surface area contributed by atoms with Crippen molar-refractivity contribution in [2.75, 3.05) is 32.7 Å². The summed E-state index contributed by atoms with van der Waals surface area (Å²) in [5.41, 5.74) is 5.32. The zero-order valence-electron chi connectivity index (χ0n) is 14.4. The van der Waals surface area contributed by atoms with Gasteiger partial charge in [-0.2, -0.15) is 0 Å². The van der Waals surface area contributed by atoms with Gasteiger partial charge in [-0.25, -0.2) is 0 Å². The van der Waals surface area contributed by atoms with Crippen molar-refractivity contribution >= 4 is 5.91 Å². The maximum atomic E-state index is 11.2. The van der Waals surface area contributed by atoms with E-state index in [9.17, 15) is 9.90 Å². The van der Waals surface area contributed by atoms with Gasteiger partial charge in [-0.05, 0) is 32.2 Å². The molecule has 0 saturated carbocycles. The minimum atomic E-state index is -0.276. The highest BCUT2D eigenvalue weighted by Crippen LogP contribution is 2.26. The third-order valence-corrected chi connectivity index (χ3v) is 5.17. The van der Waals surface area contributed by atoms with E-state index >= 15 is 0 Å². The van der Waals surface area contributed by atoms with Gasteiger partial charge in [-0.15, -0.1) is 10.2 Å². The van der Waals surface area contributed by atoms with Gasteiger partial charge < -0.3 is 15.4 Å². The highest BCUT2D eigenvalue weighted by atomic mass is 16.3. The highest BCUT2D eigenvalue weighted by Gasteiger charge is 2.27. The maximum Gasteiger partial charge on any atom is 0.231 e. The number of aromatic nitrogens is 3. The molecule has 8 heteroatoms. The minimum Gasteiger partial charge on any atom is -0.393 e. The van der Waals surface area contributed by atoms with Crippen LogP contribution in [0.5, 0.6) is 0 Å². The number of hydrogen-bond acceptors (Lipinski definition) is 6. The number of carbonyl (C=O) groups excluding carboxylic acids is 1. The fraction of sp³-hybridized carbons (Fsp3) is 0.812. The summed E-state index contributed by atoms with van der Waals surface area (Å²) in [5, 5.41) is 18.4. The van der Waals surface area contributed by atoms with Gasteiger partial charge in [-0.3, -0.25) is 14.6 Å². The number of aliphatic hydroxyl groups is 1. The van der Waals surface area contributed by atoms with Crippen molar-refractivity contribution in [3.63, 3.8) is 0 Å². The average Bonchev–Trinajstić information content (AvgIpc) is 2.90. The molecule has 2 aliphatic rings. The normalized spacial score (nSPS) is 24.3. The molecule has 0 aliphatic carbocycles. The molecule has 0 bridgehead atoms. The molecule has 24 heavy (non-hydrogen) atoms. The van der Waals surface area contributed by atoms with Gasteiger partial charge in [0.1, 0.15) is 11.6 Å². The molecule has 1 aromatic heterocycles. The number of rotatable bonds is 5. The lowest BCUT2D eigenvalue weighted by Crippen LogP contribution is -2.40. The van der Waals surface area contributed by atoms with E-state index in [0.29, 0.717) is 12.5 Å². The summed E-state index contributed by atoms with van der Waals surface area (Å²) in [7, 11) is 2.02. The molecule has 2 aliphatic heterocycles. The van der Waals surface area contributed by atoms with E-state index in [-0.39, 0.29) is 12.0 Å². The fourth-order valence-electron chi connectivity index (χ4n) is 3.78. The van der Waals surface area contributed by atoms with Crippen LogP contribution in [0, 0.1) is 0 Å². The van der Waals surface area contributed by atoms with Crippen LogP contribution >= 0.6 is 0 Å². The molecule has 0 aromatic carbocycles. The van der Waals surface area contributed by atoms with Crippen molar-refractivity contribution in [1.29, 1.82) is 0 Å². The number of likely N-dealkylation sites (tertiary alicyclic amines) is 2. The van der Waals surface area contributed by atoms with Gasteiger partial charge in [0, 0.05) is 32.6 Å². The number of amides is 1. The second-order valence-electron chi connectivity index (χ2n) is 7.08. The second-order valence-corrected chi connectivity index (χ2v) is 7.08. The number of aliphatic hydroxyl groups excluding tert-OH is 1. The van der Waals surface area contributed by atoms with Crippen LogP contribution in [0.25, 0.3) is 0 Å². The van der Waals surface area contributed by atoms with Crippen LogP contribution in [0.4, 0.5) is 0 Å². The molecule has 2 fully saturated rings. The van der Waals surface area contributed by atoms with Gasteiger partial charge in [0.25, 0.3) is 0 Å². The molecule has 2 saturated heterocycles. The summed E-state index contributed by atoms with van der Waals surface area (Å²) in [4.78, 5) is 15.6. The number of piperidine rings is 2. The summed E-state index contributed by atoms with van der Waals surface area (Å²) < 4.78 is 2.10. The number of nitrogens with zero attached hydrogens (tertiary/aromatic N) is 5. The van der Waals surface area contributed by atoms with Crippen molar-refractivity contribution in [2.24, 2.45) is 12.8 Å². The van der Waals surface area contributed by atoms with Gasteiger partial charge in [-0.1, -0.05) is 0 Å². The summed E-state index contributed by atoms with van der Waals surface area (Å²) in [5.74, 6) is 1.98.